The zero-order valence-corrected chi connectivity index (χ0v) is 15.5. The number of ether oxygens (including phenoxy) is 1. The summed E-state index contributed by atoms with van der Waals surface area (Å²) in [6.07, 6.45) is 9.41. The minimum absolute atomic E-state index is 0.293. The van der Waals surface area contributed by atoms with Gasteiger partial charge in [-0.3, -0.25) is 0 Å². The molecule has 0 bridgehead atoms. The molecule has 1 heterocycles. The minimum atomic E-state index is -3.19. The van der Waals surface area contributed by atoms with Gasteiger partial charge in [-0.1, -0.05) is 26.3 Å². The average molecular weight is 345 g/mol. The first-order valence-corrected chi connectivity index (χ1v) is 10.1. The van der Waals surface area contributed by atoms with Crippen molar-refractivity contribution in [3.8, 4) is 0 Å². The molecule has 6 heteroatoms. The zero-order valence-electron chi connectivity index (χ0n) is 14.7. The number of nitrogens with zero attached hydrogens (tertiary/aromatic N) is 2. The van der Waals surface area contributed by atoms with Crippen LogP contribution in [0.1, 0.15) is 51.9 Å². The molecule has 1 fully saturated rings. The van der Waals surface area contributed by atoms with Crippen LogP contribution in [0.15, 0.2) is 18.4 Å². The van der Waals surface area contributed by atoms with E-state index < -0.39 is 10.2 Å². The summed E-state index contributed by atoms with van der Waals surface area (Å²) < 4.78 is 32.8. The van der Waals surface area contributed by atoms with Crippen molar-refractivity contribution in [2.75, 3.05) is 33.3 Å². The fourth-order valence-corrected chi connectivity index (χ4v) is 4.04. The topological polar surface area (TPSA) is 49.9 Å². The van der Waals surface area contributed by atoms with Crippen LogP contribution in [-0.4, -0.2) is 56.4 Å². The lowest BCUT2D eigenvalue weighted by Gasteiger charge is -2.18. The van der Waals surface area contributed by atoms with Gasteiger partial charge in [0.2, 0.25) is 0 Å². The molecule has 1 saturated heterocycles. The predicted octanol–water partition coefficient (Wildman–Crippen LogP) is 2.96. The Bertz CT molecular complexity index is 472. The van der Waals surface area contributed by atoms with Crippen molar-refractivity contribution >= 4 is 10.2 Å². The first-order valence-electron chi connectivity index (χ1n) is 8.69. The van der Waals surface area contributed by atoms with Gasteiger partial charge in [0.1, 0.15) is 0 Å². The van der Waals surface area contributed by atoms with E-state index in [0.717, 1.165) is 32.1 Å². The minimum Gasteiger partial charge on any atom is -0.378 e. The summed E-state index contributed by atoms with van der Waals surface area (Å²) in [4.78, 5) is 0. The Hall–Kier alpha value is -0.650. The smallest absolute Gasteiger partial charge is 0.281 e. The molecule has 0 amide bonds. The summed E-state index contributed by atoms with van der Waals surface area (Å²) >= 11 is 0. The van der Waals surface area contributed by atoms with Crippen molar-refractivity contribution < 1.29 is 13.2 Å². The molecule has 1 unspecified atom stereocenters. The summed E-state index contributed by atoms with van der Waals surface area (Å²) in [6.45, 7) is 8.26. The number of hydrogen-bond acceptors (Lipinski definition) is 3. The third kappa shape index (κ3) is 7.19. The van der Waals surface area contributed by atoms with Crippen molar-refractivity contribution in [3.63, 3.8) is 0 Å². The van der Waals surface area contributed by atoms with Gasteiger partial charge >= 0.3 is 0 Å². The van der Waals surface area contributed by atoms with Gasteiger partial charge in [-0.25, -0.2) is 0 Å². The first-order chi connectivity index (χ1) is 11.0. The monoisotopic (exact) mass is 344 g/mol. The molecule has 1 rings (SSSR count). The highest BCUT2D eigenvalue weighted by molar-refractivity contribution is 7.87. The Balaban J connectivity index is 2.21. The number of hydrogen-bond donors (Lipinski definition) is 0. The van der Waals surface area contributed by atoms with E-state index in [1.807, 2.05) is 6.08 Å². The van der Waals surface area contributed by atoms with Crippen LogP contribution in [-0.2, 0) is 14.9 Å². The van der Waals surface area contributed by atoms with Crippen LogP contribution >= 0.6 is 0 Å². The van der Waals surface area contributed by atoms with Gasteiger partial charge in [-0.15, -0.1) is 5.73 Å². The van der Waals surface area contributed by atoms with Gasteiger partial charge in [-0.05, 0) is 38.2 Å². The van der Waals surface area contributed by atoms with Gasteiger partial charge in [0.25, 0.3) is 10.2 Å². The molecule has 1 aliphatic heterocycles. The van der Waals surface area contributed by atoms with Crippen LogP contribution in [0.25, 0.3) is 0 Å². The molecule has 1 atom stereocenters. The van der Waals surface area contributed by atoms with Crippen molar-refractivity contribution in [1.82, 2.24) is 8.61 Å². The first kappa shape index (κ1) is 20.4. The predicted molar refractivity (Wildman–Crippen MR) is 94.6 cm³/mol. The molecule has 0 N–H and O–H groups in total. The molecule has 0 saturated carbocycles. The summed E-state index contributed by atoms with van der Waals surface area (Å²) in [5, 5.41) is 0. The Morgan fingerprint density at radius 3 is 2.65 bits per heavy atom. The van der Waals surface area contributed by atoms with Gasteiger partial charge < -0.3 is 4.74 Å². The Kier molecular flexibility index (Phi) is 9.75. The zero-order chi connectivity index (χ0) is 17.1. The van der Waals surface area contributed by atoms with E-state index in [4.69, 9.17) is 4.74 Å². The van der Waals surface area contributed by atoms with E-state index >= 15 is 0 Å². The highest BCUT2D eigenvalue weighted by Crippen LogP contribution is 2.15. The second-order valence-electron chi connectivity index (χ2n) is 6.06. The SMILES string of the molecule is C=C=CCCC(CCCC)OCCCCN1CCN(C)S1(=O)=O. The summed E-state index contributed by atoms with van der Waals surface area (Å²) in [7, 11) is -1.55. The number of rotatable bonds is 12. The largest absolute Gasteiger partial charge is 0.378 e. The molecule has 0 aromatic rings. The molecule has 5 nitrogen and oxygen atoms in total. The van der Waals surface area contributed by atoms with Crippen LogP contribution in [0.2, 0.25) is 0 Å². The van der Waals surface area contributed by atoms with Crippen LogP contribution in [0.5, 0.6) is 0 Å². The molecule has 23 heavy (non-hydrogen) atoms. The normalized spacial score (nSPS) is 19.6. The second-order valence-corrected chi connectivity index (χ2v) is 8.09. The fourth-order valence-electron chi connectivity index (χ4n) is 2.66. The molecule has 0 spiro atoms. The molecule has 134 valence electrons. The maximum atomic E-state index is 11.9. The standard InChI is InChI=1S/C17H32N2O3S/c1-4-6-8-12-17(11-7-5-2)22-16-10-9-13-19-15-14-18(3)23(19,20)21/h6,17H,1,5,7-16H2,2-3H3. The molecule has 0 radical (unpaired) electrons. The van der Waals surface area contributed by atoms with E-state index in [1.165, 1.54) is 17.1 Å². The van der Waals surface area contributed by atoms with E-state index in [0.29, 0.717) is 32.3 Å². The average Bonchev–Trinajstić information content (AvgIpc) is 2.78. The third-order valence-electron chi connectivity index (χ3n) is 4.20. The number of allylic oxidation sites excluding steroid dienone is 1. The summed E-state index contributed by atoms with van der Waals surface area (Å²) in [6, 6.07) is 0. The molecule has 0 aromatic carbocycles. The van der Waals surface area contributed by atoms with Gasteiger partial charge in [0.15, 0.2) is 0 Å². The van der Waals surface area contributed by atoms with Crippen LogP contribution in [0.4, 0.5) is 0 Å². The summed E-state index contributed by atoms with van der Waals surface area (Å²) in [5.41, 5.74) is 2.80. The molecular formula is C17H32N2O3S. The molecule has 0 aliphatic carbocycles. The highest BCUT2D eigenvalue weighted by atomic mass is 32.2. The highest BCUT2D eigenvalue weighted by Gasteiger charge is 2.32. The van der Waals surface area contributed by atoms with Crippen molar-refractivity contribution in [3.05, 3.63) is 18.4 Å². The van der Waals surface area contributed by atoms with Crippen molar-refractivity contribution in [1.29, 1.82) is 0 Å². The Morgan fingerprint density at radius 1 is 1.26 bits per heavy atom. The van der Waals surface area contributed by atoms with Gasteiger partial charge in [0.05, 0.1) is 6.10 Å². The Labute approximate surface area is 142 Å². The third-order valence-corrected chi connectivity index (χ3v) is 6.18. The summed E-state index contributed by atoms with van der Waals surface area (Å²) in [5.74, 6) is 0. The maximum Gasteiger partial charge on any atom is 0.281 e. The van der Waals surface area contributed by atoms with Crippen molar-refractivity contribution in [2.24, 2.45) is 0 Å². The van der Waals surface area contributed by atoms with Crippen molar-refractivity contribution in [2.45, 2.75) is 58.0 Å². The van der Waals surface area contributed by atoms with Crippen LogP contribution in [0, 0.1) is 0 Å². The van der Waals surface area contributed by atoms with E-state index in [2.05, 4.69) is 19.2 Å². The van der Waals surface area contributed by atoms with E-state index in [1.54, 1.807) is 11.4 Å². The fraction of sp³-hybridized carbons (Fsp3) is 0.824. The number of unbranched alkanes of at least 4 members (excludes halogenated alkanes) is 2. The number of likely N-dealkylation sites (N-methyl/N-ethyl adjacent to an activating group) is 1. The van der Waals surface area contributed by atoms with Gasteiger partial charge in [-0.2, -0.15) is 17.0 Å². The van der Waals surface area contributed by atoms with Gasteiger partial charge in [0, 0.05) is 33.3 Å². The quantitative estimate of drug-likeness (QED) is 0.404. The van der Waals surface area contributed by atoms with Crippen LogP contribution in [0.3, 0.4) is 0 Å². The molecular weight excluding hydrogens is 312 g/mol. The Morgan fingerprint density at radius 2 is 2.04 bits per heavy atom. The van der Waals surface area contributed by atoms with E-state index in [9.17, 15) is 8.42 Å². The van der Waals surface area contributed by atoms with E-state index in [-0.39, 0.29) is 0 Å². The second kappa shape index (κ2) is 11.0. The maximum absolute atomic E-state index is 11.9. The molecule has 1 aliphatic rings. The molecule has 0 aromatic heterocycles. The lowest BCUT2D eigenvalue weighted by Crippen LogP contribution is -2.31. The van der Waals surface area contributed by atoms with Crippen LogP contribution < -0.4 is 0 Å². The lowest BCUT2D eigenvalue weighted by atomic mass is 10.1. The lowest BCUT2D eigenvalue weighted by molar-refractivity contribution is 0.0382.